The van der Waals surface area contributed by atoms with Gasteiger partial charge >= 0.3 is 0 Å². The highest BCUT2D eigenvalue weighted by molar-refractivity contribution is 6.21. The van der Waals surface area contributed by atoms with Gasteiger partial charge in [-0.2, -0.15) is 0 Å². The zero-order chi connectivity index (χ0) is 10.1. The Labute approximate surface area is 85.0 Å². The largest absolute Gasteiger partial charge is 0.359 e. The summed E-state index contributed by atoms with van der Waals surface area (Å²) in [4.78, 5) is 4.26. The van der Waals surface area contributed by atoms with E-state index in [2.05, 4.69) is 36.4 Å². The number of halogens is 1. The van der Waals surface area contributed by atoms with E-state index in [0.29, 0.717) is 6.54 Å². The van der Waals surface area contributed by atoms with Crippen molar-refractivity contribution in [1.82, 2.24) is 10.6 Å². The molecule has 0 saturated heterocycles. The van der Waals surface area contributed by atoms with Crippen LogP contribution in [0.15, 0.2) is 4.99 Å². The van der Waals surface area contributed by atoms with Gasteiger partial charge < -0.3 is 10.6 Å². The normalized spacial score (nSPS) is 29.2. The van der Waals surface area contributed by atoms with Crippen LogP contribution in [0.2, 0.25) is 0 Å². The lowest BCUT2D eigenvalue weighted by atomic mass is 9.84. The molecule has 0 aromatic carbocycles. The van der Waals surface area contributed by atoms with E-state index in [1.807, 2.05) is 7.05 Å². The van der Waals surface area contributed by atoms with Crippen molar-refractivity contribution < 1.29 is 0 Å². The van der Waals surface area contributed by atoms with E-state index in [9.17, 15) is 0 Å². The first kappa shape index (κ1) is 10.6. The van der Waals surface area contributed by atoms with Crippen LogP contribution in [0.25, 0.3) is 0 Å². The number of hydrogen-bond donors (Lipinski definition) is 2. The van der Waals surface area contributed by atoms with E-state index in [4.69, 9.17) is 11.6 Å². The molecule has 76 valence electrons. The van der Waals surface area contributed by atoms with E-state index in [-0.39, 0.29) is 16.8 Å². The van der Waals surface area contributed by atoms with Crippen LogP contribution in [-0.2, 0) is 0 Å². The maximum atomic E-state index is 6.19. The highest BCUT2D eigenvalue weighted by atomic mass is 35.5. The number of aliphatic imine (C=N–C) groups is 1. The second-order valence-corrected chi connectivity index (χ2v) is 5.00. The van der Waals surface area contributed by atoms with E-state index in [1.165, 1.54) is 0 Å². The summed E-state index contributed by atoms with van der Waals surface area (Å²) in [6.45, 7) is 7.22. The molecule has 1 rings (SSSR count). The maximum absolute atomic E-state index is 6.19. The minimum atomic E-state index is 0.0806. The van der Waals surface area contributed by atoms with Crippen LogP contribution in [0.4, 0.5) is 0 Å². The number of guanidine groups is 1. The molecule has 1 aliphatic rings. The van der Waals surface area contributed by atoms with Crippen LogP contribution in [0, 0.1) is 5.41 Å². The Morgan fingerprint density at radius 1 is 1.54 bits per heavy atom. The SMILES string of the molecule is CNC1=NCC(Cl)C(C(C)(C)C)N1. The Morgan fingerprint density at radius 2 is 2.15 bits per heavy atom. The third-order valence-electron chi connectivity index (χ3n) is 2.25. The summed E-state index contributed by atoms with van der Waals surface area (Å²) < 4.78 is 0. The fraction of sp³-hybridized carbons (Fsp3) is 0.889. The minimum absolute atomic E-state index is 0.0806. The van der Waals surface area contributed by atoms with Crippen molar-refractivity contribution >= 4 is 17.6 Å². The van der Waals surface area contributed by atoms with Gasteiger partial charge in [0.2, 0.25) is 0 Å². The molecule has 0 aromatic rings. The molecule has 3 nitrogen and oxygen atoms in total. The topological polar surface area (TPSA) is 36.4 Å². The molecule has 0 radical (unpaired) electrons. The van der Waals surface area contributed by atoms with Gasteiger partial charge in [-0.1, -0.05) is 20.8 Å². The van der Waals surface area contributed by atoms with Crippen molar-refractivity contribution in [3.8, 4) is 0 Å². The predicted octanol–water partition coefficient (Wildman–Crippen LogP) is 1.19. The first-order valence-corrected chi connectivity index (χ1v) is 5.01. The van der Waals surface area contributed by atoms with Gasteiger partial charge in [-0.15, -0.1) is 11.6 Å². The fourth-order valence-corrected chi connectivity index (χ4v) is 1.99. The molecule has 0 spiro atoms. The average Bonchev–Trinajstić information content (AvgIpc) is 2.03. The second-order valence-electron chi connectivity index (χ2n) is 4.44. The van der Waals surface area contributed by atoms with Crippen LogP contribution < -0.4 is 10.6 Å². The zero-order valence-corrected chi connectivity index (χ0v) is 9.44. The maximum Gasteiger partial charge on any atom is 0.191 e. The molecule has 13 heavy (non-hydrogen) atoms. The quantitative estimate of drug-likeness (QED) is 0.581. The second kappa shape index (κ2) is 3.74. The third-order valence-corrected chi connectivity index (χ3v) is 2.64. The predicted molar refractivity (Wildman–Crippen MR) is 57.4 cm³/mol. The van der Waals surface area contributed by atoms with Crippen molar-refractivity contribution in [2.45, 2.75) is 32.2 Å². The van der Waals surface area contributed by atoms with Crippen molar-refractivity contribution in [3.05, 3.63) is 0 Å². The Kier molecular flexibility index (Phi) is 3.06. The Hall–Kier alpha value is -0.440. The Bertz CT molecular complexity index is 207. The molecule has 0 aromatic heterocycles. The van der Waals surface area contributed by atoms with E-state index in [0.717, 1.165) is 5.96 Å². The Morgan fingerprint density at radius 3 is 2.62 bits per heavy atom. The van der Waals surface area contributed by atoms with E-state index >= 15 is 0 Å². The summed E-state index contributed by atoms with van der Waals surface area (Å²) in [5.41, 5.74) is 0.157. The van der Waals surface area contributed by atoms with Gasteiger partial charge in [-0.25, -0.2) is 0 Å². The third kappa shape index (κ3) is 2.50. The molecule has 0 saturated carbocycles. The van der Waals surface area contributed by atoms with Gasteiger partial charge in [0.15, 0.2) is 5.96 Å². The molecule has 1 aliphatic heterocycles. The summed E-state index contributed by atoms with van der Waals surface area (Å²) >= 11 is 6.19. The van der Waals surface area contributed by atoms with Gasteiger partial charge in [0.05, 0.1) is 18.0 Å². The van der Waals surface area contributed by atoms with Gasteiger partial charge in [0.1, 0.15) is 0 Å². The van der Waals surface area contributed by atoms with Crippen LogP contribution in [0.5, 0.6) is 0 Å². The molecule has 0 aliphatic carbocycles. The van der Waals surface area contributed by atoms with Crippen molar-refractivity contribution in [1.29, 1.82) is 0 Å². The van der Waals surface area contributed by atoms with E-state index < -0.39 is 0 Å². The van der Waals surface area contributed by atoms with Crippen molar-refractivity contribution in [2.75, 3.05) is 13.6 Å². The lowest BCUT2D eigenvalue weighted by Crippen LogP contribution is -2.56. The lowest BCUT2D eigenvalue weighted by Gasteiger charge is -2.37. The number of rotatable bonds is 0. The molecule has 2 unspecified atom stereocenters. The molecule has 0 bridgehead atoms. The first-order valence-electron chi connectivity index (χ1n) is 4.58. The van der Waals surface area contributed by atoms with Gasteiger partial charge in [0, 0.05) is 7.05 Å². The highest BCUT2D eigenvalue weighted by Crippen LogP contribution is 2.26. The van der Waals surface area contributed by atoms with Gasteiger partial charge in [0.25, 0.3) is 0 Å². The summed E-state index contributed by atoms with van der Waals surface area (Å²) in [7, 11) is 1.86. The molecule has 2 atom stereocenters. The van der Waals surface area contributed by atoms with Crippen molar-refractivity contribution in [2.24, 2.45) is 10.4 Å². The number of hydrogen-bond acceptors (Lipinski definition) is 3. The highest BCUT2D eigenvalue weighted by Gasteiger charge is 2.33. The minimum Gasteiger partial charge on any atom is -0.359 e. The standard InChI is InChI=1S/C9H18ClN3/c1-9(2,3)7-6(10)5-12-8(11-4)13-7/h6-7H,5H2,1-4H3,(H2,11,12,13). The monoisotopic (exact) mass is 203 g/mol. The summed E-state index contributed by atoms with van der Waals surface area (Å²) in [6, 6.07) is 0.272. The number of nitrogens with zero attached hydrogens (tertiary/aromatic N) is 1. The molecule has 0 amide bonds. The molecule has 1 heterocycles. The lowest BCUT2D eigenvalue weighted by molar-refractivity contribution is 0.280. The number of alkyl halides is 1. The summed E-state index contributed by atoms with van der Waals surface area (Å²) in [5, 5.41) is 6.39. The first-order chi connectivity index (χ1) is 5.95. The molecular weight excluding hydrogens is 186 g/mol. The summed E-state index contributed by atoms with van der Waals surface area (Å²) in [6.07, 6.45) is 0. The van der Waals surface area contributed by atoms with Crippen LogP contribution >= 0.6 is 11.6 Å². The smallest absolute Gasteiger partial charge is 0.191 e. The number of nitrogens with one attached hydrogen (secondary N) is 2. The fourth-order valence-electron chi connectivity index (χ4n) is 1.48. The Balaban J connectivity index is 2.72. The average molecular weight is 204 g/mol. The zero-order valence-electron chi connectivity index (χ0n) is 8.69. The van der Waals surface area contributed by atoms with Crippen molar-refractivity contribution in [3.63, 3.8) is 0 Å². The summed E-state index contributed by atoms with van der Waals surface area (Å²) in [5.74, 6) is 0.844. The van der Waals surface area contributed by atoms with Crippen LogP contribution in [-0.4, -0.2) is 31.0 Å². The van der Waals surface area contributed by atoms with Gasteiger partial charge in [-0.05, 0) is 5.41 Å². The van der Waals surface area contributed by atoms with Crippen LogP contribution in [0.1, 0.15) is 20.8 Å². The molecule has 0 fully saturated rings. The van der Waals surface area contributed by atoms with Crippen LogP contribution in [0.3, 0.4) is 0 Å². The van der Waals surface area contributed by atoms with E-state index in [1.54, 1.807) is 0 Å². The molecular formula is C9H18ClN3. The molecule has 2 N–H and O–H groups in total. The molecule has 4 heteroatoms. The van der Waals surface area contributed by atoms with Gasteiger partial charge in [-0.3, -0.25) is 4.99 Å².